The molecule has 10 aromatic rings. The lowest BCUT2D eigenvalue weighted by molar-refractivity contribution is 0.435. The molecule has 2 aromatic heterocycles. The summed E-state index contributed by atoms with van der Waals surface area (Å²) >= 11 is 0. The molecule has 0 atom stereocenters. The highest BCUT2D eigenvalue weighted by atomic mass is 16.5. The Bertz CT molecular complexity index is 3200. The van der Waals surface area contributed by atoms with Crippen molar-refractivity contribution in [3.63, 3.8) is 0 Å². The standard InChI is InChI=1S/C55H35N3O/c1-56-45-25-27-52-48(35-45)47-32-39(22-26-51(47)58(52)46-20-9-4-10-21-46)41-24-29-54-50(34-41)55(43-16-5-2-6-17-43,44-18-7-3-8-19-44)49-33-40(23-28-53(49)59-54)37-13-11-14-38(31-37)42-15-12-30-57-36-42/h2-36H. The van der Waals surface area contributed by atoms with Gasteiger partial charge in [0.2, 0.25) is 0 Å². The van der Waals surface area contributed by atoms with Gasteiger partial charge >= 0.3 is 0 Å². The van der Waals surface area contributed by atoms with Crippen molar-refractivity contribution in [3.8, 4) is 50.6 Å². The first-order valence-electron chi connectivity index (χ1n) is 19.8. The molecule has 4 nitrogen and oxygen atoms in total. The first-order chi connectivity index (χ1) is 29.2. The summed E-state index contributed by atoms with van der Waals surface area (Å²) < 4.78 is 9.21. The molecule has 0 fully saturated rings. The second kappa shape index (κ2) is 13.9. The molecule has 3 heterocycles. The van der Waals surface area contributed by atoms with Crippen LogP contribution in [0.15, 0.2) is 213 Å². The van der Waals surface area contributed by atoms with E-state index in [2.05, 4.69) is 190 Å². The lowest BCUT2D eigenvalue weighted by Gasteiger charge is -2.42. The van der Waals surface area contributed by atoms with E-state index in [4.69, 9.17) is 11.3 Å². The Morgan fingerprint density at radius 2 is 0.983 bits per heavy atom. The molecule has 1 aliphatic heterocycles. The number of nitrogens with zero attached hydrogens (tertiary/aromatic N) is 3. The van der Waals surface area contributed by atoms with Gasteiger partial charge in [-0.3, -0.25) is 4.98 Å². The highest BCUT2D eigenvalue weighted by Gasteiger charge is 2.45. The molecule has 0 unspecified atom stereocenters. The number of pyridine rings is 1. The number of para-hydroxylation sites is 1. The Labute approximate surface area is 342 Å². The topological polar surface area (TPSA) is 31.4 Å². The molecule has 276 valence electrons. The minimum Gasteiger partial charge on any atom is -0.457 e. The van der Waals surface area contributed by atoms with Gasteiger partial charge in [-0.25, -0.2) is 4.85 Å². The third kappa shape index (κ3) is 5.56. The van der Waals surface area contributed by atoms with Crippen LogP contribution in [0.1, 0.15) is 22.3 Å². The summed E-state index contributed by atoms with van der Waals surface area (Å²) in [5.41, 5.74) is 14.2. The summed E-state index contributed by atoms with van der Waals surface area (Å²) in [6.07, 6.45) is 3.72. The van der Waals surface area contributed by atoms with Gasteiger partial charge in [-0.2, -0.15) is 0 Å². The van der Waals surface area contributed by atoms with Gasteiger partial charge < -0.3 is 9.30 Å². The van der Waals surface area contributed by atoms with E-state index in [-0.39, 0.29) is 0 Å². The number of aromatic nitrogens is 2. The maximum atomic E-state index is 7.81. The first kappa shape index (κ1) is 34.3. The Kier molecular flexibility index (Phi) is 8.06. The highest BCUT2D eigenvalue weighted by molar-refractivity contribution is 6.11. The number of benzene rings is 8. The van der Waals surface area contributed by atoms with E-state index in [1.165, 1.54) is 0 Å². The molecule has 8 aromatic carbocycles. The van der Waals surface area contributed by atoms with Crippen LogP contribution in [0.4, 0.5) is 5.69 Å². The number of hydrogen-bond donors (Lipinski definition) is 0. The normalized spacial score (nSPS) is 12.7. The molecule has 0 amide bonds. The summed E-state index contributed by atoms with van der Waals surface area (Å²) in [6.45, 7) is 7.81. The van der Waals surface area contributed by atoms with Crippen LogP contribution in [0.2, 0.25) is 0 Å². The lowest BCUT2D eigenvalue weighted by Crippen LogP contribution is -2.34. The van der Waals surface area contributed by atoms with Crippen LogP contribution in [0.5, 0.6) is 11.5 Å². The molecule has 0 aliphatic carbocycles. The van der Waals surface area contributed by atoms with Gasteiger partial charge in [0.25, 0.3) is 0 Å². The fourth-order valence-electron chi connectivity index (χ4n) is 9.14. The van der Waals surface area contributed by atoms with Crippen molar-refractivity contribution in [2.45, 2.75) is 5.41 Å². The van der Waals surface area contributed by atoms with Crippen molar-refractivity contribution >= 4 is 27.5 Å². The van der Waals surface area contributed by atoms with E-state index < -0.39 is 5.41 Å². The zero-order chi connectivity index (χ0) is 39.3. The fraction of sp³-hybridized carbons (Fsp3) is 0.0182. The Balaban J connectivity index is 1.14. The van der Waals surface area contributed by atoms with Gasteiger partial charge in [0.05, 0.1) is 23.0 Å². The maximum Gasteiger partial charge on any atom is 0.188 e. The van der Waals surface area contributed by atoms with Crippen LogP contribution < -0.4 is 4.74 Å². The molecular weight excluding hydrogens is 719 g/mol. The first-order valence-corrected chi connectivity index (χ1v) is 19.8. The Morgan fingerprint density at radius 1 is 0.458 bits per heavy atom. The molecule has 0 bridgehead atoms. The van der Waals surface area contributed by atoms with E-state index in [0.29, 0.717) is 5.69 Å². The molecule has 1 aliphatic rings. The average molecular weight is 754 g/mol. The van der Waals surface area contributed by atoms with Crippen molar-refractivity contribution in [1.82, 2.24) is 9.55 Å². The zero-order valence-electron chi connectivity index (χ0n) is 32.0. The summed E-state index contributed by atoms with van der Waals surface area (Å²) in [4.78, 5) is 8.18. The number of ether oxygens (including phenoxy) is 1. The van der Waals surface area contributed by atoms with Crippen LogP contribution in [-0.2, 0) is 5.41 Å². The number of rotatable bonds is 6. The minimum absolute atomic E-state index is 0.623. The van der Waals surface area contributed by atoms with Gasteiger partial charge in [0, 0.05) is 40.2 Å². The molecule has 0 radical (unpaired) electrons. The van der Waals surface area contributed by atoms with E-state index >= 15 is 0 Å². The van der Waals surface area contributed by atoms with E-state index in [1.807, 2.05) is 36.7 Å². The minimum atomic E-state index is -0.712. The second-order valence-corrected chi connectivity index (χ2v) is 15.0. The van der Waals surface area contributed by atoms with Gasteiger partial charge in [0.15, 0.2) is 5.69 Å². The van der Waals surface area contributed by atoms with Gasteiger partial charge in [-0.15, -0.1) is 0 Å². The van der Waals surface area contributed by atoms with Gasteiger partial charge in [-0.1, -0.05) is 127 Å². The van der Waals surface area contributed by atoms with E-state index in [0.717, 1.165) is 94.6 Å². The van der Waals surface area contributed by atoms with Crippen LogP contribution in [0.25, 0.3) is 65.7 Å². The van der Waals surface area contributed by atoms with Crippen LogP contribution in [0.3, 0.4) is 0 Å². The summed E-state index contributed by atoms with van der Waals surface area (Å²) in [5, 5.41) is 2.15. The van der Waals surface area contributed by atoms with Crippen LogP contribution in [-0.4, -0.2) is 9.55 Å². The number of hydrogen-bond acceptors (Lipinski definition) is 2. The number of fused-ring (bicyclic) bond motifs is 5. The molecule has 0 spiro atoms. The van der Waals surface area contributed by atoms with Crippen LogP contribution >= 0.6 is 0 Å². The molecule has 11 rings (SSSR count). The van der Waals surface area contributed by atoms with E-state index in [9.17, 15) is 0 Å². The zero-order valence-corrected chi connectivity index (χ0v) is 32.0. The smallest absolute Gasteiger partial charge is 0.188 e. The maximum absolute atomic E-state index is 7.81. The van der Waals surface area contributed by atoms with Crippen molar-refractivity contribution in [1.29, 1.82) is 0 Å². The van der Waals surface area contributed by atoms with Crippen LogP contribution in [0, 0.1) is 6.57 Å². The third-order valence-corrected chi connectivity index (χ3v) is 11.8. The summed E-state index contributed by atoms with van der Waals surface area (Å²) in [6, 6.07) is 70.8. The van der Waals surface area contributed by atoms with Crippen molar-refractivity contribution in [3.05, 3.63) is 246 Å². The molecule has 4 heteroatoms. The molecule has 59 heavy (non-hydrogen) atoms. The molecule has 0 saturated carbocycles. The largest absolute Gasteiger partial charge is 0.457 e. The predicted octanol–water partition coefficient (Wildman–Crippen LogP) is 14.2. The third-order valence-electron chi connectivity index (χ3n) is 11.8. The fourth-order valence-corrected chi connectivity index (χ4v) is 9.14. The Morgan fingerprint density at radius 3 is 1.59 bits per heavy atom. The van der Waals surface area contributed by atoms with Crippen molar-refractivity contribution in [2.24, 2.45) is 0 Å². The molecule has 0 N–H and O–H groups in total. The highest BCUT2D eigenvalue weighted by Crippen LogP contribution is 2.56. The van der Waals surface area contributed by atoms with Gasteiger partial charge in [-0.05, 0) is 117 Å². The lowest BCUT2D eigenvalue weighted by atomic mass is 9.63. The molecular formula is C55H35N3O. The summed E-state index contributed by atoms with van der Waals surface area (Å²) in [7, 11) is 0. The Hall–Kier alpha value is -8.00. The molecule has 0 saturated heterocycles. The van der Waals surface area contributed by atoms with E-state index in [1.54, 1.807) is 0 Å². The van der Waals surface area contributed by atoms with Gasteiger partial charge in [0.1, 0.15) is 11.5 Å². The van der Waals surface area contributed by atoms with Crippen molar-refractivity contribution in [2.75, 3.05) is 0 Å². The quantitative estimate of drug-likeness (QED) is 0.158. The van der Waals surface area contributed by atoms with Crippen molar-refractivity contribution < 1.29 is 4.74 Å². The summed E-state index contributed by atoms with van der Waals surface area (Å²) in [5.74, 6) is 1.65. The monoisotopic (exact) mass is 753 g/mol. The second-order valence-electron chi connectivity index (χ2n) is 15.0. The average Bonchev–Trinajstić information content (AvgIpc) is 3.64. The predicted molar refractivity (Wildman–Crippen MR) is 240 cm³/mol. The SMILES string of the molecule is [C-]#[N+]c1ccc2c(c1)c1cc(-c3ccc4c(c3)C(c3ccccc3)(c3ccccc3)c3cc(-c5cccc(-c6cccnc6)c5)ccc3O4)ccc1n2-c1ccccc1.